The number of hydrogen-bond acceptors (Lipinski definition) is 3. The van der Waals surface area contributed by atoms with Crippen LogP contribution in [0, 0.1) is 6.92 Å². The van der Waals surface area contributed by atoms with Gasteiger partial charge in [-0.25, -0.2) is 4.68 Å². The van der Waals surface area contributed by atoms with E-state index in [0.717, 1.165) is 21.0 Å². The second-order valence-electron chi connectivity index (χ2n) is 9.61. The van der Waals surface area contributed by atoms with Gasteiger partial charge in [-0.2, -0.15) is 0 Å². The van der Waals surface area contributed by atoms with Crippen molar-refractivity contribution in [1.29, 1.82) is 0 Å². The molecule has 3 N–H and O–H groups in total. The van der Waals surface area contributed by atoms with Crippen LogP contribution in [-0.2, 0) is 15.0 Å². The fraction of sp³-hybridized carbons (Fsp3) is 0.179. The number of aryl methyl sites for hydroxylation is 1. The van der Waals surface area contributed by atoms with Gasteiger partial charge in [-0.15, -0.1) is 0 Å². The van der Waals surface area contributed by atoms with Crippen molar-refractivity contribution in [2.45, 2.75) is 33.1 Å². The third kappa shape index (κ3) is 5.66. The predicted molar refractivity (Wildman–Crippen MR) is 147 cm³/mol. The van der Waals surface area contributed by atoms with Crippen molar-refractivity contribution in [2.24, 2.45) is 0 Å². The largest absolute Gasteiger partial charge is 0.328 e. The molecule has 3 amide bonds. The van der Waals surface area contributed by atoms with Crippen molar-refractivity contribution in [3.8, 4) is 0 Å². The normalized spacial score (nSPS) is 11.2. The van der Waals surface area contributed by atoms with Gasteiger partial charge in [-0.3, -0.25) is 19.8 Å². The van der Waals surface area contributed by atoms with Crippen LogP contribution in [0.5, 0.6) is 0 Å². The van der Waals surface area contributed by atoms with E-state index in [2.05, 4.69) is 52.8 Å². The third-order valence-electron chi connectivity index (χ3n) is 5.73. The summed E-state index contributed by atoms with van der Waals surface area (Å²) in [5, 5.41) is 6.17. The minimum absolute atomic E-state index is 0.0278. The lowest BCUT2D eigenvalue weighted by Gasteiger charge is -2.19. The summed E-state index contributed by atoms with van der Waals surface area (Å²) in [5.74, 6) is -2.17. The summed E-state index contributed by atoms with van der Waals surface area (Å²) >= 11 is 3.43. The number of nitrogens with zero attached hydrogens (tertiary/aromatic N) is 1. The highest BCUT2D eigenvalue weighted by atomic mass is 79.9. The summed E-state index contributed by atoms with van der Waals surface area (Å²) < 4.78 is 2.15. The average molecular weight is 547 g/mol. The van der Waals surface area contributed by atoms with Gasteiger partial charge < -0.3 is 10.6 Å². The van der Waals surface area contributed by atoms with E-state index >= 15 is 0 Å². The number of nitrogens with one attached hydrogen (secondary N) is 3. The molecule has 0 saturated heterocycles. The van der Waals surface area contributed by atoms with Gasteiger partial charge in [0, 0.05) is 21.2 Å². The first kappa shape index (κ1) is 25.2. The Morgan fingerprint density at radius 2 is 1.39 bits per heavy atom. The highest BCUT2D eigenvalue weighted by Gasteiger charge is 2.21. The maximum atomic E-state index is 13.1. The smallest absolute Gasteiger partial charge is 0.321 e. The number of rotatable bonds is 4. The van der Waals surface area contributed by atoms with Crippen molar-refractivity contribution in [2.75, 3.05) is 16.1 Å². The van der Waals surface area contributed by atoms with E-state index in [1.165, 1.54) is 4.68 Å². The van der Waals surface area contributed by atoms with Crippen LogP contribution in [0.4, 0.5) is 11.4 Å². The fourth-order valence-corrected chi connectivity index (χ4v) is 4.08. The quantitative estimate of drug-likeness (QED) is 0.275. The van der Waals surface area contributed by atoms with Gasteiger partial charge in [0.05, 0.1) is 5.52 Å². The molecule has 1 heterocycles. The molecule has 7 nitrogen and oxygen atoms in total. The van der Waals surface area contributed by atoms with E-state index < -0.39 is 17.7 Å². The molecule has 3 aromatic carbocycles. The molecule has 0 aliphatic carbocycles. The Labute approximate surface area is 218 Å². The van der Waals surface area contributed by atoms with Crippen molar-refractivity contribution < 1.29 is 14.4 Å². The van der Waals surface area contributed by atoms with Crippen LogP contribution in [0.25, 0.3) is 10.9 Å². The lowest BCUT2D eigenvalue weighted by atomic mass is 9.87. The monoisotopic (exact) mass is 546 g/mol. The molecular formula is C28H27BrN4O3. The van der Waals surface area contributed by atoms with Gasteiger partial charge in [-0.1, -0.05) is 66.5 Å². The molecule has 0 unspecified atom stereocenters. The summed E-state index contributed by atoms with van der Waals surface area (Å²) in [4.78, 5) is 38.6. The van der Waals surface area contributed by atoms with E-state index in [4.69, 9.17) is 0 Å². The highest BCUT2D eigenvalue weighted by molar-refractivity contribution is 9.10. The lowest BCUT2D eigenvalue weighted by Crippen LogP contribution is -2.36. The molecule has 0 bridgehead atoms. The predicted octanol–water partition coefficient (Wildman–Crippen LogP) is 5.97. The van der Waals surface area contributed by atoms with Crippen LogP contribution >= 0.6 is 15.9 Å². The van der Waals surface area contributed by atoms with E-state index in [9.17, 15) is 14.4 Å². The summed E-state index contributed by atoms with van der Waals surface area (Å²) in [6.45, 7) is 8.25. The number of anilines is 2. The van der Waals surface area contributed by atoms with Gasteiger partial charge in [0.25, 0.3) is 5.91 Å². The van der Waals surface area contributed by atoms with Crippen LogP contribution in [0.1, 0.15) is 42.4 Å². The first-order valence-electron chi connectivity index (χ1n) is 11.4. The first-order valence-corrected chi connectivity index (χ1v) is 12.2. The van der Waals surface area contributed by atoms with Gasteiger partial charge in [0.15, 0.2) is 0 Å². The van der Waals surface area contributed by atoms with Crippen LogP contribution in [0.3, 0.4) is 0 Å². The summed E-state index contributed by atoms with van der Waals surface area (Å²) in [6, 6.07) is 21.8. The minimum Gasteiger partial charge on any atom is -0.321 e. The fourth-order valence-electron chi connectivity index (χ4n) is 3.70. The second kappa shape index (κ2) is 9.99. The van der Waals surface area contributed by atoms with E-state index in [-0.39, 0.29) is 11.1 Å². The molecule has 4 aromatic rings. The molecule has 0 fully saturated rings. The summed E-state index contributed by atoms with van der Waals surface area (Å²) in [6.07, 6.45) is 0. The lowest BCUT2D eigenvalue weighted by molar-refractivity contribution is -0.133. The molecule has 1 aromatic heterocycles. The molecule has 184 valence electrons. The average Bonchev–Trinajstić information content (AvgIpc) is 3.17. The van der Waals surface area contributed by atoms with Crippen molar-refractivity contribution in [3.05, 3.63) is 94.1 Å². The van der Waals surface area contributed by atoms with E-state index in [1.807, 2.05) is 37.3 Å². The molecule has 8 heteroatoms. The molecule has 0 radical (unpaired) electrons. The Bertz CT molecular complexity index is 1450. The number of carbonyl (C=O) groups excluding carboxylic acids is 3. The molecule has 0 aliphatic rings. The van der Waals surface area contributed by atoms with Crippen LogP contribution in [-0.4, -0.2) is 22.4 Å². The number of hydrogen-bond donors (Lipinski definition) is 3. The second-order valence-corrected chi connectivity index (χ2v) is 10.5. The molecule has 0 atom stereocenters. The van der Waals surface area contributed by atoms with Crippen molar-refractivity contribution in [3.63, 3.8) is 0 Å². The zero-order valence-corrected chi connectivity index (χ0v) is 22.1. The van der Waals surface area contributed by atoms with Gasteiger partial charge in [-0.05, 0) is 66.4 Å². The number of amides is 3. The Morgan fingerprint density at radius 1 is 0.778 bits per heavy atom. The van der Waals surface area contributed by atoms with E-state index in [0.29, 0.717) is 16.9 Å². The van der Waals surface area contributed by atoms with Crippen LogP contribution in [0.2, 0.25) is 0 Å². The van der Waals surface area contributed by atoms with Gasteiger partial charge in [0.2, 0.25) is 0 Å². The SMILES string of the molecule is Cc1ccc(NC(=O)c2cc3cc(Br)ccc3n2NC(=O)C(=O)Nc2ccc(C(C)(C)C)cc2)cc1. The number of aromatic nitrogens is 1. The van der Waals surface area contributed by atoms with Crippen LogP contribution < -0.4 is 16.1 Å². The Kier molecular flexibility index (Phi) is 6.99. The zero-order valence-electron chi connectivity index (χ0n) is 20.5. The number of carbonyl (C=O) groups is 3. The third-order valence-corrected chi connectivity index (χ3v) is 6.23. The van der Waals surface area contributed by atoms with E-state index in [1.54, 1.807) is 42.5 Å². The summed E-state index contributed by atoms with van der Waals surface area (Å²) in [5.41, 5.74) is 6.60. The maximum absolute atomic E-state index is 13.1. The van der Waals surface area contributed by atoms with Gasteiger partial charge >= 0.3 is 11.8 Å². The first-order chi connectivity index (χ1) is 17.0. The molecule has 4 rings (SSSR count). The highest BCUT2D eigenvalue weighted by Crippen LogP contribution is 2.25. The topological polar surface area (TPSA) is 92.2 Å². The molecule has 0 aliphatic heterocycles. The van der Waals surface area contributed by atoms with Crippen LogP contribution in [0.15, 0.2) is 77.3 Å². The number of halogens is 1. The molecular weight excluding hydrogens is 520 g/mol. The minimum atomic E-state index is -0.903. The Balaban J connectivity index is 1.57. The summed E-state index contributed by atoms with van der Waals surface area (Å²) in [7, 11) is 0. The Morgan fingerprint density at radius 3 is 2.03 bits per heavy atom. The Hall–Kier alpha value is -3.91. The maximum Gasteiger partial charge on any atom is 0.328 e. The van der Waals surface area contributed by atoms with Crippen molar-refractivity contribution >= 4 is 55.9 Å². The molecule has 0 spiro atoms. The van der Waals surface area contributed by atoms with Crippen molar-refractivity contribution in [1.82, 2.24) is 4.68 Å². The molecule has 0 saturated carbocycles. The number of fused-ring (bicyclic) bond motifs is 1. The van der Waals surface area contributed by atoms with Gasteiger partial charge in [0.1, 0.15) is 5.69 Å². The zero-order chi connectivity index (χ0) is 26.0. The standard InChI is InChI=1S/C28H27BrN4O3/c1-17-5-10-21(11-6-17)30-25(34)24-16-18-15-20(29)9-14-23(18)33(24)32-27(36)26(35)31-22-12-7-19(8-13-22)28(2,3)4/h5-16H,1-4H3,(H,30,34)(H,31,35)(H,32,36). The molecule has 36 heavy (non-hydrogen) atoms. The number of benzene rings is 3.